The SMILES string of the molecule is CCOC(=O)[C@H](CCc1ccccc1)N[C@@H](C)C(=O)N1[C@H](C(=O)O)C[C@@H]2CCC[C@@H]21.CS(=O)(=O)O. The summed E-state index contributed by atoms with van der Waals surface area (Å²) in [5.74, 6) is -1.31. The van der Waals surface area contributed by atoms with Gasteiger partial charge in [-0.1, -0.05) is 36.8 Å². The summed E-state index contributed by atoms with van der Waals surface area (Å²) in [5, 5.41) is 12.8. The van der Waals surface area contributed by atoms with Crippen molar-refractivity contribution in [2.24, 2.45) is 5.92 Å². The van der Waals surface area contributed by atoms with Crippen molar-refractivity contribution in [1.82, 2.24) is 10.2 Å². The molecule has 3 N–H and O–H groups in total. The fraction of sp³-hybridized carbons (Fsp3) is 0.625. The Morgan fingerprint density at radius 3 is 2.40 bits per heavy atom. The van der Waals surface area contributed by atoms with E-state index in [1.807, 2.05) is 30.3 Å². The molecule has 1 saturated carbocycles. The zero-order valence-corrected chi connectivity index (χ0v) is 21.2. The van der Waals surface area contributed by atoms with E-state index in [1.54, 1.807) is 18.7 Å². The van der Waals surface area contributed by atoms with Crippen molar-refractivity contribution in [3.05, 3.63) is 35.9 Å². The fourth-order valence-electron chi connectivity index (χ4n) is 4.89. The topological polar surface area (TPSA) is 150 Å². The van der Waals surface area contributed by atoms with Gasteiger partial charge in [-0.05, 0) is 57.4 Å². The van der Waals surface area contributed by atoms with Gasteiger partial charge in [0.05, 0.1) is 18.9 Å². The van der Waals surface area contributed by atoms with Crippen molar-refractivity contribution >= 4 is 28.0 Å². The van der Waals surface area contributed by atoms with Crippen molar-refractivity contribution in [1.29, 1.82) is 0 Å². The summed E-state index contributed by atoms with van der Waals surface area (Å²) >= 11 is 0. The lowest BCUT2D eigenvalue weighted by Crippen LogP contribution is -2.55. The second-order valence-corrected chi connectivity index (χ2v) is 10.5. The Balaban J connectivity index is 0.000000784. The summed E-state index contributed by atoms with van der Waals surface area (Å²) in [4.78, 5) is 39.1. The highest BCUT2D eigenvalue weighted by molar-refractivity contribution is 7.85. The van der Waals surface area contributed by atoms with Crippen LogP contribution in [-0.4, -0.2) is 77.9 Å². The standard InChI is InChI=1S/C23H32N2O5.CH4O3S/c1-3-30-23(29)18(13-12-16-8-5-4-6-9-16)24-15(2)21(26)25-19-11-7-10-17(19)14-20(25)22(27)28;1-5(2,3)4/h4-6,8-9,15,17-20,24H,3,7,10-14H2,1-2H3,(H,27,28);1H3,(H,2,3,4)/t15-,17-,18-,19-,20-;/m0./s1. The van der Waals surface area contributed by atoms with Crippen LogP contribution in [0.1, 0.15) is 51.5 Å². The predicted molar refractivity (Wildman–Crippen MR) is 129 cm³/mol. The van der Waals surface area contributed by atoms with Gasteiger partial charge in [-0.2, -0.15) is 8.42 Å². The fourth-order valence-corrected chi connectivity index (χ4v) is 4.89. The van der Waals surface area contributed by atoms with E-state index in [0.717, 1.165) is 24.8 Å². The molecular weight excluding hydrogens is 476 g/mol. The summed E-state index contributed by atoms with van der Waals surface area (Å²) in [6.45, 7) is 3.72. The maximum Gasteiger partial charge on any atom is 0.326 e. The largest absolute Gasteiger partial charge is 0.480 e. The number of nitrogens with zero attached hydrogens (tertiary/aromatic N) is 1. The van der Waals surface area contributed by atoms with Crippen LogP contribution in [0.5, 0.6) is 0 Å². The molecule has 196 valence electrons. The molecule has 11 heteroatoms. The molecule has 1 saturated heterocycles. The highest BCUT2D eigenvalue weighted by atomic mass is 32.2. The number of aryl methyl sites for hydroxylation is 1. The average molecular weight is 513 g/mol. The number of benzene rings is 1. The zero-order valence-electron chi connectivity index (χ0n) is 20.4. The number of nitrogens with one attached hydrogen (secondary N) is 1. The van der Waals surface area contributed by atoms with Crippen molar-refractivity contribution in [2.75, 3.05) is 12.9 Å². The number of fused-ring (bicyclic) bond motifs is 1. The summed E-state index contributed by atoms with van der Waals surface area (Å²) in [6, 6.07) is 7.76. The maximum atomic E-state index is 13.2. The molecule has 2 fully saturated rings. The average Bonchev–Trinajstić information content (AvgIpc) is 3.37. The lowest BCUT2D eigenvalue weighted by Gasteiger charge is -2.31. The molecule has 5 atom stereocenters. The van der Waals surface area contributed by atoms with Crippen molar-refractivity contribution in [2.45, 2.75) is 76.5 Å². The first-order valence-electron chi connectivity index (χ1n) is 11.9. The van der Waals surface area contributed by atoms with Crippen LogP contribution >= 0.6 is 0 Å². The Bertz CT molecular complexity index is 961. The smallest absolute Gasteiger partial charge is 0.326 e. The summed E-state index contributed by atoms with van der Waals surface area (Å²) < 4.78 is 31.1. The minimum Gasteiger partial charge on any atom is -0.480 e. The Hall–Kier alpha value is -2.50. The minimum atomic E-state index is -3.67. The number of hydrogen-bond acceptors (Lipinski definition) is 7. The molecule has 1 aromatic rings. The van der Waals surface area contributed by atoms with E-state index in [0.29, 0.717) is 25.5 Å². The van der Waals surface area contributed by atoms with Crippen LogP contribution in [0.25, 0.3) is 0 Å². The number of hydrogen-bond donors (Lipinski definition) is 3. The van der Waals surface area contributed by atoms with Gasteiger partial charge in [0.1, 0.15) is 12.1 Å². The predicted octanol–water partition coefficient (Wildman–Crippen LogP) is 1.89. The molecule has 0 spiro atoms. The van der Waals surface area contributed by atoms with E-state index in [9.17, 15) is 27.9 Å². The molecule has 3 rings (SSSR count). The third kappa shape index (κ3) is 8.90. The number of ether oxygens (including phenoxy) is 1. The Morgan fingerprint density at radius 2 is 1.83 bits per heavy atom. The molecule has 35 heavy (non-hydrogen) atoms. The molecule has 1 amide bonds. The number of rotatable bonds is 9. The first kappa shape index (κ1) is 28.7. The van der Waals surface area contributed by atoms with E-state index >= 15 is 0 Å². The monoisotopic (exact) mass is 512 g/mol. The molecule has 0 radical (unpaired) electrons. The number of aliphatic carboxylic acids is 1. The van der Waals surface area contributed by atoms with E-state index in [1.165, 1.54) is 0 Å². The number of carboxylic acids is 1. The van der Waals surface area contributed by atoms with E-state index in [-0.39, 0.29) is 30.4 Å². The van der Waals surface area contributed by atoms with Crippen LogP contribution in [0.4, 0.5) is 0 Å². The van der Waals surface area contributed by atoms with Gasteiger partial charge in [0.15, 0.2) is 0 Å². The lowest BCUT2D eigenvalue weighted by atomic mass is 10.0. The van der Waals surface area contributed by atoms with Crippen LogP contribution in [0, 0.1) is 5.92 Å². The van der Waals surface area contributed by atoms with E-state index in [2.05, 4.69) is 5.32 Å². The lowest BCUT2D eigenvalue weighted by molar-refractivity contribution is -0.151. The van der Waals surface area contributed by atoms with Gasteiger partial charge in [-0.3, -0.25) is 19.5 Å². The molecule has 0 unspecified atom stereocenters. The number of carboxylic acid groups (broad SMARTS) is 1. The number of carbonyl (C=O) groups excluding carboxylic acids is 2. The van der Waals surface area contributed by atoms with Crippen LogP contribution in [0.3, 0.4) is 0 Å². The van der Waals surface area contributed by atoms with Crippen molar-refractivity contribution in [3.63, 3.8) is 0 Å². The number of amides is 1. The van der Waals surface area contributed by atoms with Crippen molar-refractivity contribution in [3.8, 4) is 0 Å². The van der Waals surface area contributed by atoms with Crippen LogP contribution in [0.15, 0.2) is 30.3 Å². The maximum absolute atomic E-state index is 13.2. The van der Waals surface area contributed by atoms with Gasteiger partial charge in [-0.25, -0.2) is 4.79 Å². The third-order valence-electron chi connectivity index (χ3n) is 6.33. The van der Waals surface area contributed by atoms with Gasteiger partial charge in [-0.15, -0.1) is 0 Å². The number of carbonyl (C=O) groups is 3. The van der Waals surface area contributed by atoms with Crippen LogP contribution in [0.2, 0.25) is 0 Å². The first-order valence-corrected chi connectivity index (χ1v) is 13.7. The van der Waals surface area contributed by atoms with E-state index < -0.39 is 34.2 Å². The number of esters is 1. The molecule has 1 aromatic carbocycles. The first-order chi connectivity index (χ1) is 16.4. The van der Waals surface area contributed by atoms with Gasteiger partial charge in [0.25, 0.3) is 10.1 Å². The van der Waals surface area contributed by atoms with Crippen LogP contribution < -0.4 is 5.32 Å². The molecule has 2 aliphatic rings. The summed E-state index contributed by atoms with van der Waals surface area (Å²) in [7, 11) is -3.67. The Morgan fingerprint density at radius 1 is 1.20 bits per heavy atom. The van der Waals surface area contributed by atoms with Gasteiger partial charge < -0.3 is 14.7 Å². The molecular formula is C24H36N2O8S. The molecule has 1 aliphatic carbocycles. The van der Waals surface area contributed by atoms with Gasteiger partial charge in [0, 0.05) is 6.04 Å². The summed E-state index contributed by atoms with van der Waals surface area (Å²) in [6.07, 6.45) is 5.25. The second-order valence-electron chi connectivity index (χ2n) is 9.04. The van der Waals surface area contributed by atoms with Crippen molar-refractivity contribution < 1.29 is 37.2 Å². The molecule has 1 aliphatic heterocycles. The Kier molecular flexibility index (Phi) is 10.7. The molecule has 0 bridgehead atoms. The van der Waals surface area contributed by atoms with Crippen LogP contribution in [-0.2, 0) is 35.7 Å². The van der Waals surface area contributed by atoms with Gasteiger partial charge >= 0.3 is 11.9 Å². The molecule has 10 nitrogen and oxygen atoms in total. The third-order valence-corrected chi connectivity index (χ3v) is 6.33. The number of likely N-dealkylation sites (tertiary alicyclic amines) is 1. The highest BCUT2D eigenvalue weighted by Crippen LogP contribution is 2.41. The van der Waals surface area contributed by atoms with Gasteiger partial charge in [0.2, 0.25) is 5.91 Å². The summed E-state index contributed by atoms with van der Waals surface area (Å²) in [5.41, 5.74) is 1.10. The quantitative estimate of drug-likeness (QED) is 0.333. The minimum absolute atomic E-state index is 0.00629. The Labute approximate surface area is 206 Å². The molecule has 1 heterocycles. The van der Waals surface area contributed by atoms with E-state index in [4.69, 9.17) is 9.29 Å². The zero-order chi connectivity index (χ0) is 26.2. The second kappa shape index (κ2) is 13.0. The molecule has 0 aromatic heterocycles. The normalized spacial score (nSPS) is 23.0. The highest BCUT2D eigenvalue weighted by Gasteiger charge is 2.49.